The Kier molecular flexibility index (Phi) is 9.33. The number of methoxy groups -OCH3 is 1. The van der Waals surface area contributed by atoms with E-state index in [2.05, 4.69) is 48.4 Å². The first kappa shape index (κ1) is 34.8. The summed E-state index contributed by atoms with van der Waals surface area (Å²) in [5, 5.41) is 4.84. The van der Waals surface area contributed by atoms with Crippen LogP contribution in [0.1, 0.15) is 70.9 Å². The Bertz CT molecular complexity index is 2200. The molecule has 4 aliphatic rings. The van der Waals surface area contributed by atoms with Gasteiger partial charge in [-0.3, -0.25) is 14.3 Å². The van der Waals surface area contributed by atoms with Gasteiger partial charge >= 0.3 is 0 Å². The smallest absolute Gasteiger partial charge is 0.286 e. The lowest BCUT2D eigenvalue weighted by Gasteiger charge is -2.46. The van der Waals surface area contributed by atoms with Gasteiger partial charge in [-0.25, -0.2) is 13.7 Å². The first-order valence-corrected chi connectivity index (χ1v) is 20.1. The highest BCUT2D eigenvalue weighted by atomic mass is 35.5. The third kappa shape index (κ3) is 6.72. The van der Waals surface area contributed by atoms with E-state index in [1.165, 1.54) is 28.2 Å². The molecule has 0 unspecified atom stereocenters. The summed E-state index contributed by atoms with van der Waals surface area (Å²) < 4.78 is 35.7. The molecule has 8 rings (SSSR count). The average Bonchev–Trinajstić information content (AvgIpc) is 3.53. The van der Waals surface area contributed by atoms with Crippen LogP contribution in [-0.4, -0.2) is 69.3 Å². The summed E-state index contributed by atoms with van der Waals surface area (Å²) in [4.78, 5) is 34.1. The Hall–Kier alpha value is -4.26. The summed E-state index contributed by atoms with van der Waals surface area (Å²) in [6.45, 7) is 3.92. The number of ether oxygens (including phenoxy) is 2. The van der Waals surface area contributed by atoms with Crippen LogP contribution < -0.4 is 14.4 Å². The maximum atomic E-state index is 14.6. The molecule has 52 heavy (non-hydrogen) atoms. The molecule has 2 aliphatic carbocycles. The molecule has 1 fully saturated rings. The molecule has 6 atom stereocenters. The van der Waals surface area contributed by atoms with Crippen LogP contribution in [0.4, 0.5) is 5.69 Å². The molecule has 4 aromatic rings. The molecule has 2 aromatic carbocycles. The van der Waals surface area contributed by atoms with Gasteiger partial charge in [0.25, 0.3) is 11.8 Å². The van der Waals surface area contributed by atoms with Crippen LogP contribution in [0, 0.1) is 17.8 Å². The maximum Gasteiger partial charge on any atom is 0.286 e. The molecule has 13 heteroatoms. The average molecular weight is 743 g/mol. The number of carbonyl (C=O) groups is 2. The van der Waals surface area contributed by atoms with Gasteiger partial charge in [0.1, 0.15) is 22.0 Å². The monoisotopic (exact) mass is 742 g/mol. The number of pyridine rings is 1. The second-order valence-corrected chi connectivity index (χ2v) is 17.3. The number of hydrogen-bond donors (Lipinski definition) is 1. The minimum absolute atomic E-state index is 0.0176. The van der Waals surface area contributed by atoms with E-state index >= 15 is 0 Å². The molecule has 2 aliphatic heterocycles. The lowest BCUT2D eigenvalue weighted by atomic mass is 9.68. The zero-order valence-corrected chi connectivity index (χ0v) is 30.9. The fourth-order valence-corrected chi connectivity index (χ4v) is 10.6. The number of carbonyl (C=O) groups excluding carboxylic acids is 2. The number of amides is 2. The van der Waals surface area contributed by atoms with Crippen molar-refractivity contribution < 1.29 is 23.3 Å². The second kappa shape index (κ2) is 13.9. The van der Waals surface area contributed by atoms with Crippen molar-refractivity contribution in [2.45, 2.75) is 57.0 Å². The van der Waals surface area contributed by atoms with Gasteiger partial charge in [-0.2, -0.15) is 5.10 Å². The molecular weight excluding hydrogens is 700 g/mol. The highest BCUT2D eigenvalue weighted by Gasteiger charge is 2.44. The van der Waals surface area contributed by atoms with Gasteiger partial charge in [-0.15, -0.1) is 4.36 Å². The van der Waals surface area contributed by atoms with Crippen molar-refractivity contribution in [3.05, 3.63) is 100 Å². The number of allylic oxidation sites excluding steroid dienone is 1. The topological polar surface area (TPSA) is 127 Å². The van der Waals surface area contributed by atoms with Gasteiger partial charge in [0.05, 0.1) is 29.7 Å². The highest BCUT2D eigenvalue weighted by Crippen LogP contribution is 2.47. The third-order valence-corrected chi connectivity index (χ3v) is 13.5. The molecule has 0 saturated heterocycles. The van der Waals surface area contributed by atoms with Gasteiger partial charge in [-0.05, 0) is 110 Å². The number of rotatable bonds is 3. The summed E-state index contributed by atoms with van der Waals surface area (Å²) in [5.41, 5.74) is 4.14. The summed E-state index contributed by atoms with van der Waals surface area (Å²) in [6, 6.07) is 14.8. The molecule has 11 nitrogen and oxygen atoms in total. The van der Waals surface area contributed by atoms with E-state index in [0.717, 1.165) is 49.4 Å². The fraction of sp³-hybridized carbons (Fsp3) is 0.436. The Labute approximate surface area is 309 Å². The Balaban J connectivity index is 1.19. The lowest BCUT2D eigenvalue weighted by Crippen LogP contribution is -2.49. The molecule has 272 valence electrons. The minimum atomic E-state index is -3.57. The normalized spacial score (nSPS) is 29.5. The summed E-state index contributed by atoms with van der Waals surface area (Å²) in [7, 11) is -1.81. The van der Waals surface area contributed by atoms with Crippen LogP contribution in [0.15, 0.2) is 77.6 Å². The molecule has 0 radical (unpaired) electrons. The first-order valence-electron chi connectivity index (χ1n) is 18.0. The van der Waals surface area contributed by atoms with Gasteiger partial charge in [0.15, 0.2) is 5.65 Å². The lowest BCUT2D eigenvalue weighted by molar-refractivity contribution is 0.0131. The predicted octanol–water partition coefficient (Wildman–Crippen LogP) is 6.45. The molecule has 2 bridgehead atoms. The number of aromatic nitrogens is 3. The van der Waals surface area contributed by atoms with Crippen LogP contribution in [0.5, 0.6) is 5.75 Å². The first-order chi connectivity index (χ1) is 25.1. The Morgan fingerprint density at radius 3 is 2.87 bits per heavy atom. The van der Waals surface area contributed by atoms with Crippen LogP contribution in [-0.2, 0) is 26.5 Å². The SMILES string of the molecule is CO[C@H]1/C=C/C[C@H](C)C[S@@](=O)(NC(=O)c2ccc3ncnn3c2)=NC(=O)c2ccc3c(c2)N(C[C@@H]2CC[C@H]21)C[C@@]1(CCCc2cc(Cl)ccc21)CO3. The molecule has 2 aromatic heterocycles. The number of halogens is 1. The van der Waals surface area contributed by atoms with E-state index in [-0.39, 0.29) is 34.3 Å². The van der Waals surface area contributed by atoms with E-state index in [1.807, 2.05) is 25.1 Å². The van der Waals surface area contributed by atoms with Crippen molar-refractivity contribution in [3.63, 3.8) is 0 Å². The van der Waals surface area contributed by atoms with Crippen LogP contribution in [0.2, 0.25) is 5.02 Å². The quantitative estimate of drug-likeness (QED) is 0.238. The number of benzene rings is 2. The summed E-state index contributed by atoms with van der Waals surface area (Å²) in [6.07, 6.45) is 12.7. The number of nitrogens with zero attached hydrogens (tertiary/aromatic N) is 5. The van der Waals surface area contributed by atoms with E-state index in [4.69, 9.17) is 21.1 Å². The van der Waals surface area contributed by atoms with Crippen molar-refractivity contribution in [2.75, 3.05) is 37.5 Å². The van der Waals surface area contributed by atoms with E-state index in [0.29, 0.717) is 42.8 Å². The van der Waals surface area contributed by atoms with Crippen molar-refractivity contribution in [1.82, 2.24) is 19.3 Å². The third-order valence-electron chi connectivity index (χ3n) is 11.3. The van der Waals surface area contributed by atoms with Gasteiger partial charge in [-0.1, -0.05) is 36.7 Å². The van der Waals surface area contributed by atoms with Crippen molar-refractivity contribution in [1.29, 1.82) is 0 Å². The molecule has 1 saturated carbocycles. The van der Waals surface area contributed by atoms with Gasteiger partial charge in [0, 0.05) is 42.4 Å². The number of anilines is 1. The molecular formula is C39H43ClN6O5S. The van der Waals surface area contributed by atoms with Crippen molar-refractivity contribution >= 4 is 44.7 Å². The number of fused-ring (bicyclic) bond motifs is 5. The zero-order valence-electron chi connectivity index (χ0n) is 29.4. The Morgan fingerprint density at radius 2 is 2.04 bits per heavy atom. The van der Waals surface area contributed by atoms with Crippen LogP contribution in [0.3, 0.4) is 0 Å². The van der Waals surface area contributed by atoms with Gasteiger partial charge < -0.3 is 14.4 Å². The minimum Gasteiger partial charge on any atom is -0.490 e. The maximum absolute atomic E-state index is 14.6. The zero-order chi connectivity index (χ0) is 36.0. The van der Waals surface area contributed by atoms with E-state index in [9.17, 15) is 13.8 Å². The van der Waals surface area contributed by atoms with Crippen LogP contribution in [0.25, 0.3) is 5.65 Å². The van der Waals surface area contributed by atoms with E-state index in [1.54, 1.807) is 25.3 Å². The number of nitrogens with one attached hydrogen (secondary N) is 1. The molecule has 2 amide bonds. The number of hydrogen-bond acceptors (Lipinski definition) is 8. The van der Waals surface area contributed by atoms with Crippen molar-refractivity contribution in [2.24, 2.45) is 22.1 Å². The highest BCUT2D eigenvalue weighted by molar-refractivity contribution is 7.92. The van der Waals surface area contributed by atoms with E-state index < -0.39 is 21.7 Å². The second-order valence-electron chi connectivity index (χ2n) is 14.9. The molecule has 4 heterocycles. The largest absolute Gasteiger partial charge is 0.490 e. The van der Waals surface area contributed by atoms with Crippen LogP contribution >= 0.6 is 11.6 Å². The molecule has 1 N–H and O–H groups in total. The molecule has 1 spiro atoms. The standard InChI is InChI=1S/C39H43ClN6O5S/c1-25-5-3-7-34(50-2)31-12-8-28(31)19-45-22-39(16-4-6-26-17-30(40)11-13-32(26)39)23-51-35-14-9-27(18-33(35)45)37(47)43-52(49,21-25)44-38(48)29-10-15-36-41-24-42-46(36)20-29/h3,7,9-11,13-15,17-18,20,24-25,28,31,34H,4-6,8,12,16,19,21-23H2,1-2H3,(H,43,44,47,48,49)/b7-3+/t25-,28-,31+,34-,39-,52-/m0/s1. The Morgan fingerprint density at radius 1 is 1.15 bits per heavy atom. The van der Waals surface area contributed by atoms with Crippen molar-refractivity contribution in [3.8, 4) is 5.75 Å². The summed E-state index contributed by atoms with van der Waals surface area (Å²) in [5.74, 6) is -0.0557. The van der Waals surface area contributed by atoms with Gasteiger partial charge in [0.2, 0.25) is 0 Å². The fourth-order valence-electron chi connectivity index (χ4n) is 8.52. The predicted molar refractivity (Wildman–Crippen MR) is 200 cm³/mol. The summed E-state index contributed by atoms with van der Waals surface area (Å²) >= 11 is 6.46. The number of aryl methyl sites for hydroxylation is 1.